The number of nitrogens with one attached hydrogen (secondary N) is 1. The molecule has 0 aromatic heterocycles. The van der Waals surface area contributed by atoms with Crippen molar-refractivity contribution < 1.29 is 14.3 Å². The maximum Gasteiger partial charge on any atom is 0.244 e. The van der Waals surface area contributed by atoms with Crippen LogP contribution in [0.5, 0.6) is 11.5 Å². The lowest BCUT2D eigenvalue weighted by atomic mass is 9.98. The van der Waals surface area contributed by atoms with Crippen LogP contribution in [0.25, 0.3) is 12.2 Å². The summed E-state index contributed by atoms with van der Waals surface area (Å²) in [5.74, 6) is 1.32. The van der Waals surface area contributed by atoms with Crippen LogP contribution in [0, 0.1) is 0 Å². The third kappa shape index (κ3) is 4.59. The Hall–Kier alpha value is -3.01. The van der Waals surface area contributed by atoms with E-state index in [1.165, 1.54) is 0 Å². The predicted molar refractivity (Wildman–Crippen MR) is 109 cm³/mol. The molecule has 2 aromatic carbocycles. The summed E-state index contributed by atoms with van der Waals surface area (Å²) >= 11 is 0. The van der Waals surface area contributed by atoms with E-state index in [1.807, 2.05) is 75.4 Å². The minimum absolute atomic E-state index is 0.154. The molecule has 0 aliphatic carbocycles. The van der Waals surface area contributed by atoms with Gasteiger partial charge in [0.05, 0.1) is 13.2 Å². The van der Waals surface area contributed by atoms with Gasteiger partial charge in [-0.25, -0.2) is 0 Å². The molecule has 2 aromatic rings. The minimum Gasteiger partial charge on any atom is -0.496 e. The Labute approximate surface area is 160 Å². The quantitative estimate of drug-likeness (QED) is 0.779. The molecule has 27 heavy (non-hydrogen) atoms. The third-order valence-electron chi connectivity index (χ3n) is 4.45. The van der Waals surface area contributed by atoms with Crippen LogP contribution in [0.2, 0.25) is 0 Å². The van der Waals surface area contributed by atoms with E-state index in [0.29, 0.717) is 5.75 Å². The molecule has 1 atom stereocenters. The van der Waals surface area contributed by atoms with Gasteiger partial charge < -0.3 is 14.8 Å². The summed E-state index contributed by atoms with van der Waals surface area (Å²) in [4.78, 5) is 12.3. The highest BCUT2D eigenvalue weighted by atomic mass is 16.5. The van der Waals surface area contributed by atoms with Gasteiger partial charge in [0.1, 0.15) is 17.1 Å². The molecule has 4 nitrogen and oxygen atoms in total. The van der Waals surface area contributed by atoms with E-state index < -0.39 is 0 Å². The molecule has 4 heteroatoms. The van der Waals surface area contributed by atoms with Crippen LogP contribution in [-0.2, 0) is 4.79 Å². The third-order valence-corrected chi connectivity index (χ3v) is 4.45. The van der Waals surface area contributed by atoms with Crippen molar-refractivity contribution in [3.63, 3.8) is 0 Å². The van der Waals surface area contributed by atoms with E-state index in [0.717, 1.165) is 22.4 Å². The van der Waals surface area contributed by atoms with E-state index in [4.69, 9.17) is 9.47 Å². The highest BCUT2D eigenvalue weighted by molar-refractivity contribution is 5.92. The van der Waals surface area contributed by atoms with Gasteiger partial charge in [0, 0.05) is 23.3 Å². The average molecular weight is 363 g/mol. The molecule has 3 rings (SSSR count). The monoisotopic (exact) mass is 363 g/mol. The second-order valence-electron chi connectivity index (χ2n) is 7.15. The van der Waals surface area contributed by atoms with Crippen molar-refractivity contribution in [2.75, 3.05) is 7.11 Å². The number of methoxy groups -OCH3 is 1. The maximum absolute atomic E-state index is 12.3. The van der Waals surface area contributed by atoms with Crippen LogP contribution in [0.1, 0.15) is 43.5 Å². The predicted octanol–water partition coefficient (Wildman–Crippen LogP) is 4.77. The molecule has 1 aliphatic rings. The molecular formula is C23H25NO3. The number of hydrogen-bond acceptors (Lipinski definition) is 3. The van der Waals surface area contributed by atoms with Crippen molar-refractivity contribution in [2.45, 2.75) is 32.4 Å². The zero-order valence-electron chi connectivity index (χ0n) is 16.2. The molecule has 0 bridgehead atoms. The van der Waals surface area contributed by atoms with Gasteiger partial charge in [0.15, 0.2) is 0 Å². The molecule has 1 unspecified atom stereocenters. The van der Waals surface area contributed by atoms with Gasteiger partial charge in [-0.15, -0.1) is 0 Å². The molecule has 1 N–H and O–H groups in total. The molecular weight excluding hydrogens is 338 g/mol. The number of ether oxygens (including phenoxy) is 2. The lowest BCUT2D eigenvalue weighted by Gasteiger charge is -2.29. The van der Waals surface area contributed by atoms with Crippen molar-refractivity contribution in [3.8, 4) is 11.5 Å². The van der Waals surface area contributed by atoms with E-state index in [9.17, 15) is 4.79 Å². The van der Waals surface area contributed by atoms with Crippen LogP contribution in [-0.4, -0.2) is 18.6 Å². The molecule has 140 valence electrons. The fourth-order valence-corrected chi connectivity index (χ4v) is 3.01. The van der Waals surface area contributed by atoms with E-state index in [1.54, 1.807) is 19.3 Å². The van der Waals surface area contributed by atoms with Crippen molar-refractivity contribution >= 4 is 18.1 Å². The molecule has 0 fully saturated rings. The fourth-order valence-electron chi connectivity index (χ4n) is 3.01. The lowest BCUT2D eigenvalue weighted by molar-refractivity contribution is -0.117. The van der Waals surface area contributed by atoms with Gasteiger partial charge in [-0.3, -0.25) is 4.79 Å². The molecule has 0 saturated carbocycles. The average Bonchev–Trinajstić information content (AvgIpc) is 2.65. The van der Waals surface area contributed by atoms with Crippen LogP contribution < -0.4 is 14.8 Å². The van der Waals surface area contributed by atoms with Crippen LogP contribution in [0.4, 0.5) is 0 Å². The Balaban J connectivity index is 1.77. The number of hydrogen-bond donors (Lipinski definition) is 1. The smallest absolute Gasteiger partial charge is 0.244 e. The van der Waals surface area contributed by atoms with Crippen LogP contribution in [0.3, 0.4) is 0 Å². The largest absolute Gasteiger partial charge is 0.496 e. The Kier molecular flexibility index (Phi) is 5.36. The van der Waals surface area contributed by atoms with E-state index in [-0.39, 0.29) is 17.6 Å². The van der Waals surface area contributed by atoms with Gasteiger partial charge >= 0.3 is 0 Å². The Bertz CT molecular complexity index is 882. The maximum atomic E-state index is 12.3. The van der Waals surface area contributed by atoms with Gasteiger partial charge in [0.25, 0.3) is 0 Å². The second kappa shape index (κ2) is 7.70. The van der Waals surface area contributed by atoms with Gasteiger partial charge in [-0.2, -0.15) is 0 Å². The summed E-state index contributed by atoms with van der Waals surface area (Å²) in [6, 6.07) is 13.4. The summed E-state index contributed by atoms with van der Waals surface area (Å²) in [7, 11) is 1.62. The fraction of sp³-hybridized carbons (Fsp3) is 0.261. The number of amides is 1. The molecule has 0 radical (unpaired) electrons. The summed E-state index contributed by atoms with van der Waals surface area (Å²) in [5, 5.41) is 2.99. The standard InChI is InChI=1S/C23H25NO3/c1-16(24-22(25)11-10-17-8-6-5-7-9-17)19-14-18-12-13-23(2,3)27-20(18)15-21(19)26-4/h5-16H,1-4H3,(H,24,25)/b11-10+. The number of carbonyl (C=O) groups is 1. The highest BCUT2D eigenvalue weighted by Crippen LogP contribution is 2.38. The first-order valence-electron chi connectivity index (χ1n) is 9.02. The first-order chi connectivity index (χ1) is 12.9. The zero-order valence-corrected chi connectivity index (χ0v) is 16.2. The lowest BCUT2D eigenvalue weighted by Crippen LogP contribution is -2.28. The molecule has 1 aliphatic heterocycles. The minimum atomic E-state index is -0.346. The Morgan fingerprint density at radius 3 is 2.67 bits per heavy atom. The summed E-state index contributed by atoms with van der Waals surface area (Å²) in [6.45, 7) is 5.96. The summed E-state index contributed by atoms with van der Waals surface area (Å²) in [5.41, 5.74) is 2.52. The topological polar surface area (TPSA) is 47.6 Å². The SMILES string of the molecule is COc1cc2c(cc1C(C)NC(=O)/C=C/c1ccccc1)C=CC(C)(C)O2. The second-order valence-corrected chi connectivity index (χ2v) is 7.15. The zero-order chi connectivity index (χ0) is 19.4. The first kappa shape index (κ1) is 18.8. The van der Waals surface area contributed by atoms with Crippen molar-refractivity contribution in [2.24, 2.45) is 0 Å². The van der Waals surface area contributed by atoms with Gasteiger partial charge in [-0.05, 0) is 44.6 Å². The van der Waals surface area contributed by atoms with Crippen molar-refractivity contribution in [1.29, 1.82) is 0 Å². The van der Waals surface area contributed by atoms with E-state index in [2.05, 4.69) is 5.32 Å². The molecule has 1 heterocycles. The van der Waals surface area contributed by atoms with Crippen LogP contribution >= 0.6 is 0 Å². The Morgan fingerprint density at radius 2 is 1.96 bits per heavy atom. The van der Waals surface area contributed by atoms with Gasteiger partial charge in [-0.1, -0.05) is 36.4 Å². The summed E-state index contributed by atoms with van der Waals surface area (Å²) < 4.78 is 11.5. The number of benzene rings is 2. The molecule has 0 spiro atoms. The first-order valence-corrected chi connectivity index (χ1v) is 9.02. The number of rotatable bonds is 5. The summed E-state index contributed by atoms with van der Waals surface area (Å²) in [6.07, 6.45) is 7.41. The highest BCUT2D eigenvalue weighted by Gasteiger charge is 2.24. The molecule has 0 saturated heterocycles. The normalized spacial score (nSPS) is 15.7. The van der Waals surface area contributed by atoms with Gasteiger partial charge in [0.2, 0.25) is 5.91 Å². The molecule has 1 amide bonds. The number of carbonyl (C=O) groups excluding carboxylic acids is 1. The van der Waals surface area contributed by atoms with Crippen molar-refractivity contribution in [1.82, 2.24) is 5.32 Å². The number of fused-ring (bicyclic) bond motifs is 1. The van der Waals surface area contributed by atoms with Crippen molar-refractivity contribution in [3.05, 3.63) is 71.3 Å². The van der Waals surface area contributed by atoms with E-state index >= 15 is 0 Å². The van der Waals surface area contributed by atoms with Crippen LogP contribution in [0.15, 0.2) is 54.6 Å². The Morgan fingerprint density at radius 1 is 1.22 bits per heavy atom.